The second-order valence-corrected chi connectivity index (χ2v) is 7.04. The van der Waals surface area contributed by atoms with E-state index in [9.17, 15) is 9.59 Å². The molecule has 1 saturated heterocycles. The Labute approximate surface area is 129 Å². The molecule has 21 heavy (non-hydrogen) atoms. The van der Waals surface area contributed by atoms with Crippen LogP contribution < -0.4 is 5.73 Å². The second kappa shape index (κ2) is 8.40. The third-order valence-corrected chi connectivity index (χ3v) is 4.59. The molecule has 4 nitrogen and oxygen atoms in total. The van der Waals surface area contributed by atoms with Crippen LogP contribution in [-0.4, -0.2) is 29.8 Å². The normalized spacial score (nSPS) is 19.6. The fourth-order valence-corrected chi connectivity index (χ4v) is 3.26. The van der Waals surface area contributed by atoms with Gasteiger partial charge in [0, 0.05) is 24.9 Å². The molecule has 1 rings (SSSR count). The summed E-state index contributed by atoms with van der Waals surface area (Å²) in [7, 11) is 0. The quantitative estimate of drug-likeness (QED) is 0.785. The SMILES string of the molecule is CCC[C@H](C(N)=O)[C@@H](CC(C)C)C(=O)N1CCC(C)CC1. The van der Waals surface area contributed by atoms with Crippen LogP contribution in [0.4, 0.5) is 0 Å². The van der Waals surface area contributed by atoms with Crippen LogP contribution in [0.5, 0.6) is 0 Å². The number of primary amides is 1. The number of hydrogen-bond donors (Lipinski definition) is 1. The van der Waals surface area contributed by atoms with E-state index in [4.69, 9.17) is 5.73 Å². The van der Waals surface area contributed by atoms with Crippen LogP contribution in [0.15, 0.2) is 0 Å². The number of nitrogens with zero attached hydrogens (tertiary/aromatic N) is 1. The smallest absolute Gasteiger partial charge is 0.226 e. The lowest BCUT2D eigenvalue weighted by molar-refractivity contribution is -0.143. The number of carbonyl (C=O) groups excluding carboxylic acids is 2. The zero-order valence-electron chi connectivity index (χ0n) is 14.1. The molecule has 0 aromatic rings. The van der Waals surface area contributed by atoms with Gasteiger partial charge in [0.25, 0.3) is 0 Å². The molecule has 1 aliphatic rings. The molecule has 1 aliphatic heterocycles. The van der Waals surface area contributed by atoms with Crippen LogP contribution in [0.1, 0.15) is 59.8 Å². The summed E-state index contributed by atoms with van der Waals surface area (Å²) in [5.74, 6) is 0.357. The van der Waals surface area contributed by atoms with Gasteiger partial charge in [-0.3, -0.25) is 9.59 Å². The Morgan fingerprint density at radius 2 is 1.76 bits per heavy atom. The summed E-state index contributed by atoms with van der Waals surface area (Å²) in [5.41, 5.74) is 5.58. The first-order valence-electron chi connectivity index (χ1n) is 8.44. The van der Waals surface area contributed by atoms with Gasteiger partial charge < -0.3 is 10.6 Å². The topological polar surface area (TPSA) is 63.4 Å². The van der Waals surface area contributed by atoms with Crippen molar-refractivity contribution in [1.82, 2.24) is 4.90 Å². The average molecular weight is 296 g/mol. The van der Waals surface area contributed by atoms with Gasteiger partial charge in [-0.05, 0) is 37.5 Å². The van der Waals surface area contributed by atoms with Gasteiger partial charge in [0.05, 0.1) is 0 Å². The zero-order chi connectivity index (χ0) is 16.0. The number of likely N-dealkylation sites (tertiary alicyclic amines) is 1. The van der Waals surface area contributed by atoms with Crippen LogP contribution in [0.25, 0.3) is 0 Å². The van der Waals surface area contributed by atoms with Crippen molar-refractivity contribution in [2.45, 2.75) is 59.8 Å². The van der Waals surface area contributed by atoms with Crippen LogP contribution >= 0.6 is 0 Å². The third-order valence-electron chi connectivity index (χ3n) is 4.59. The van der Waals surface area contributed by atoms with Crippen molar-refractivity contribution in [2.75, 3.05) is 13.1 Å². The van der Waals surface area contributed by atoms with Crippen LogP contribution in [0.2, 0.25) is 0 Å². The molecule has 0 bridgehead atoms. The first-order chi connectivity index (χ1) is 9.86. The van der Waals surface area contributed by atoms with E-state index in [1.165, 1.54) is 0 Å². The van der Waals surface area contributed by atoms with Gasteiger partial charge in [0.1, 0.15) is 0 Å². The summed E-state index contributed by atoms with van der Waals surface area (Å²) in [5, 5.41) is 0. The largest absolute Gasteiger partial charge is 0.369 e. The summed E-state index contributed by atoms with van der Waals surface area (Å²) in [6.07, 6.45) is 4.47. The highest BCUT2D eigenvalue weighted by atomic mass is 16.2. The van der Waals surface area contributed by atoms with Crippen molar-refractivity contribution in [3.8, 4) is 0 Å². The molecule has 0 unspecified atom stereocenters. The van der Waals surface area contributed by atoms with Gasteiger partial charge in [-0.15, -0.1) is 0 Å². The van der Waals surface area contributed by atoms with Gasteiger partial charge in [-0.25, -0.2) is 0 Å². The molecule has 2 amide bonds. The number of nitrogens with two attached hydrogens (primary N) is 1. The molecule has 0 aromatic carbocycles. The van der Waals surface area contributed by atoms with Crippen LogP contribution in [0, 0.1) is 23.7 Å². The van der Waals surface area contributed by atoms with Crippen molar-refractivity contribution in [3.63, 3.8) is 0 Å². The summed E-state index contributed by atoms with van der Waals surface area (Å²) in [6, 6.07) is 0. The molecule has 0 spiro atoms. The van der Waals surface area contributed by atoms with E-state index in [0.717, 1.165) is 38.8 Å². The Kier molecular flexibility index (Phi) is 7.20. The Morgan fingerprint density at radius 1 is 1.19 bits per heavy atom. The first-order valence-corrected chi connectivity index (χ1v) is 8.44. The average Bonchev–Trinajstić information content (AvgIpc) is 2.42. The minimum atomic E-state index is -0.318. The van der Waals surface area contributed by atoms with E-state index in [1.807, 2.05) is 11.8 Å². The van der Waals surface area contributed by atoms with E-state index in [0.29, 0.717) is 18.3 Å². The molecular formula is C17H32N2O2. The molecule has 2 N–H and O–H groups in total. The van der Waals surface area contributed by atoms with Gasteiger partial charge >= 0.3 is 0 Å². The Morgan fingerprint density at radius 3 is 2.19 bits per heavy atom. The molecular weight excluding hydrogens is 264 g/mol. The first kappa shape index (κ1) is 18.0. The second-order valence-electron chi connectivity index (χ2n) is 7.04. The molecule has 122 valence electrons. The molecule has 2 atom stereocenters. The lowest BCUT2D eigenvalue weighted by Crippen LogP contribution is -2.46. The Balaban J connectivity index is 2.84. The third kappa shape index (κ3) is 5.33. The van der Waals surface area contributed by atoms with Crippen molar-refractivity contribution < 1.29 is 9.59 Å². The van der Waals surface area contributed by atoms with E-state index < -0.39 is 0 Å². The van der Waals surface area contributed by atoms with Crippen molar-refractivity contribution in [2.24, 2.45) is 29.4 Å². The lowest BCUT2D eigenvalue weighted by atomic mass is 9.81. The molecule has 0 saturated carbocycles. The van der Waals surface area contributed by atoms with E-state index in [1.54, 1.807) is 0 Å². The van der Waals surface area contributed by atoms with Crippen LogP contribution in [0.3, 0.4) is 0 Å². The minimum Gasteiger partial charge on any atom is -0.369 e. The maximum atomic E-state index is 12.9. The number of piperidine rings is 1. The number of hydrogen-bond acceptors (Lipinski definition) is 2. The molecule has 0 radical (unpaired) electrons. The number of rotatable bonds is 7. The highest BCUT2D eigenvalue weighted by Gasteiger charge is 2.35. The van der Waals surface area contributed by atoms with E-state index >= 15 is 0 Å². The Bertz CT molecular complexity index is 347. The van der Waals surface area contributed by atoms with Gasteiger partial charge in [0.2, 0.25) is 11.8 Å². The monoisotopic (exact) mass is 296 g/mol. The lowest BCUT2D eigenvalue weighted by Gasteiger charge is -2.35. The van der Waals surface area contributed by atoms with Gasteiger partial charge in [0.15, 0.2) is 0 Å². The molecule has 0 aliphatic carbocycles. The molecule has 4 heteroatoms. The standard InChI is InChI=1S/C17H32N2O2/c1-5-6-14(16(18)20)15(11-12(2)3)17(21)19-9-7-13(4)8-10-19/h12-15H,5-11H2,1-4H3,(H2,18,20)/t14-,15+/m0/s1. The highest BCUT2D eigenvalue weighted by Crippen LogP contribution is 2.28. The summed E-state index contributed by atoms with van der Waals surface area (Å²) < 4.78 is 0. The summed E-state index contributed by atoms with van der Waals surface area (Å²) >= 11 is 0. The minimum absolute atomic E-state index is 0.146. The zero-order valence-corrected chi connectivity index (χ0v) is 14.1. The summed E-state index contributed by atoms with van der Waals surface area (Å²) in [6.45, 7) is 10.1. The van der Waals surface area contributed by atoms with Crippen LogP contribution in [-0.2, 0) is 9.59 Å². The maximum Gasteiger partial charge on any atom is 0.226 e. The van der Waals surface area contributed by atoms with Crippen molar-refractivity contribution in [1.29, 1.82) is 0 Å². The summed E-state index contributed by atoms with van der Waals surface area (Å²) in [4.78, 5) is 26.6. The van der Waals surface area contributed by atoms with E-state index in [-0.39, 0.29) is 23.7 Å². The predicted octanol–water partition coefficient (Wildman–Crippen LogP) is 2.81. The fraction of sp³-hybridized carbons (Fsp3) is 0.882. The van der Waals surface area contributed by atoms with Crippen molar-refractivity contribution >= 4 is 11.8 Å². The highest BCUT2D eigenvalue weighted by molar-refractivity contribution is 5.87. The van der Waals surface area contributed by atoms with Gasteiger partial charge in [-0.1, -0.05) is 34.1 Å². The van der Waals surface area contributed by atoms with Crippen molar-refractivity contribution in [3.05, 3.63) is 0 Å². The number of amides is 2. The fourth-order valence-electron chi connectivity index (χ4n) is 3.26. The molecule has 0 aromatic heterocycles. The predicted molar refractivity (Wildman–Crippen MR) is 85.5 cm³/mol. The maximum absolute atomic E-state index is 12.9. The molecule has 1 heterocycles. The Hall–Kier alpha value is -1.06. The van der Waals surface area contributed by atoms with Gasteiger partial charge in [-0.2, -0.15) is 0 Å². The molecule has 1 fully saturated rings. The van der Waals surface area contributed by atoms with E-state index in [2.05, 4.69) is 20.8 Å². The number of carbonyl (C=O) groups is 2.